The molecule has 41 heavy (non-hydrogen) atoms. The first-order chi connectivity index (χ1) is 19.5. The summed E-state index contributed by atoms with van der Waals surface area (Å²) >= 11 is 0. The summed E-state index contributed by atoms with van der Waals surface area (Å²) in [6.45, 7) is 3.37. The van der Waals surface area contributed by atoms with Crippen LogP contribution in [-0.4, -0.2) is 79.0 Å². The number of H-pyrrole nitrogens is 2. The van der Waals surface area contributed by atoms with E-state index in [0.717, 1.165) is 10.9 Å². The van der Waals surface area contributed by atoms with E-state index in [0.29, 0.717) is 11.3 Å². The molecule has 0 saturated carbocycles. The van der Waals surface area contributed by atoms with Crippen molar-refractivity contribution in [1.29, 1.82) is 0 Å². The molecule has 0 aliphatic carbocycles. The van der Waals surface area contributed by atoms with Crippen LogP contribution in [-0.2, 0) is 36.8 Å². The van der Waals surface area contributed by atoms with E-state index in [2.05, 4.69) is 30.9 Å². The zero-order valence-electron chi connectivity index (χ0n) is 22.7. The van der Waals surface area contributed by atoms with Gasteiger partial charge < -0.3 is 41.9 Å². The molecule has 0 aliphatic rings. The van der Waals surface area contributed by atoms with Gasteiger partial charge in [0.15, 0.2) is 0 Å². The van der Waals surface area contributed by atoms with Gasteiger partial charge in [-0.25, -0.2) is 9.78 Å². The number of aliphatic carboxylic acids is 2. The second-order valence-corrected chi connectivity index (χ2v) is 10.1. The number of aromatic nitrogens is 3. The van der Waals surface area contributed by atoms with Crippen LogP contribution in [0.2, 0.25) is 0 Å². The number of rotatable bonds is 15. The summed E-state index contributed by atoms with van der Waals surface area (Å²) in [5.74, 6) is -4.92. The van der Waals surface area contributed by atoms with Gasteiger partial charge in [-0.05, 0) is 24.0 Å². The highest BCUT2D eigenvalue weighted by atomic mass is 16.4. The molecule has 14 heteroatoms. The predicted molar refractivity (Wildman–Crippen MR) is 147 cm³/mol. The number of nitrogens with zero attached hydrogens (tertiary/aromatic N) is 1. The lowest BCUT2D eigenvalue weighted by atomic mass is 9.99. The number of hydrogen-bond acceptors (Lipinski definition) is 7. The molecule has 0 spiro atoms. The Bertz CT molecular complexity index is 1370. The molecule has 3 rings (SSSR count). The molecule has 3 aromatic rings. The summed E-state index contributed by atoms with van der Waals surface area (Å²) < 4.78 is 0. The molecule has 3 amide bonds. The van der Waals surface area contributed by atoms with Crippen molar-refractivity contribution in [3.63, 3.8) is 0 Å². The van der Waals surface area contributed by atoms with Gasteiger partial charge in [0, 0.05) is 48.3 Å². The second-order valence-electron chi connectivity index (χ2n) is 10.1. The first kappa shape index (κ1) is 30.8. The van der Waals surface area contributed by atoms with Crippen LogP contribution in [0.5, 0.6) is 0 Å². The maximum atomic E-state index is 13.5. The highest BCUT2D eigenvalue weighted by Crippen LogP contribution is 2.19. The first-order valence-corrected chi connectivity index (χ1v) is 13.1. The van der Waals surface area contributed by atoms with E-state index in [1.165, 1.54) is 12.5 Å². The average Bonchev–Trinajstić information content (AvgIpc) is 3.59. The van der Waals surface area contributed by atoms with E-state index < -0.39 is 59.7 Å². The van der Waals surface area contributed by atoms with Crippen molar-refractivity contribution in [2.24, 2.45) is 11.7 Å². The third-order valence-corrected chi connectivity index (χ3v) is 6.58. The summed E-state index contributed by atoms with van der Waals surface area (Å²) in [5.41, 5.74) is 7.83. The van der Waals surface area contributed by atoms with E-state index in [9.17, 15) is 29.1 Å². The smallest absolute Gasteiger partial charge is 0.326 e. The number of nitrogens with one attached hydrogen (secondary N) is 5. The van der Waals surface area contributed by atoms with Gasteiger partial charge >= 0.3 is 11.9 Å². The molecule has 1 aromatic carbocycles. The maximum absolute atomic E-state index is 13.5. The minimum Gasteiger partial charge on any atom is -0.481 e. The topological polar surface area (TPSA) is 232 Å². The Balaban J connectivity index is 1.82. The van der Waals surface area contributed by atoms with Crippen LogP contribution in [0.1, 0.15) is 37.9 Å². The van der Waals surface area contributed by atoms with Crippen LogP contribution < -0.4 is 21.7 Å². The summed E-state index contributed by atoms with van der Waals surface area (Å²) in [5, 5.41) is 27.1. The van der Waals surface area contributed by atoms with Crippen LogP contribution in [0.15, 0.2) is 43.0 Å². The van der Waals surface area contributed by atoms with Crippen LogP contribution in [0.4, 0.5) is 0 Å². The number of imidazole rings is 1. The Hall–Kier alpha value is -4.72. The number of carbonyl (C=O) groups is 5. The maximum Gasteiger partial charge on any atom is 0.326 e. The number of amides is 3. The fourth-order valence-corrected chi connectivity index (χ4v) is 4.29. The number of nitrogens with two attached hydrogens (primary N) is 1. The normalized spacial score (nSPS) is 14.1. The number of aromatic amines is 2. The fourth-order valence-electron chi connectivity index (χ4n) is 4.29. The molecular formula is C27H35N7O7. The standard InChI is InChI=1S/C27H35N7O7/c1-14(2)23(34-24(37)18(28)7-8-22(35)36)26(39)32-20(9-15-11-30-19-6-4-3-5-17(15)19)25(38)33-21(27(40)41)10-16-12-29-13-31-16/h3-6,11-14,18,20-21,23,30H,7-10,28H2,1-2H3,(H,29,31)(H,32,39)(H,33,38)(H,34,37)(H,35,36)(H,40,41). The molecule has 4 atom stereocenters. The summed E-state index contributed by atoms with van der Waals surface area (Å²) in [7, 11) is 0. The van der Waals surface area contributed by atoms with Crippen molar-refractivity contribution in [2.75, 3.05) is 0 Å². The Morgan fingerprint density at radius 2 is 1.63 bits per heavy atom. The van der Waals surface area contributed by atoms with Gasteiger partial charge in [-0.15, -0.1) is 0 Å². The largest absolute Gasteiger partial charge is 0.481 e. The molecule has 14 nitrogen and oxygen atoms in total. The number of carboxylic acid groups (broad SMARTS) is 2. The molecule has 0 fully saturated rings. The highest BCUT2D eigenvalue weighted by molar-refractivity contribution is 5.95. The molecule has 0 radical (unpaired) electrons. The summed E-state index contributed by atoms with van der Waals surface area (Å²) in [6.07, 6.45) is 4.08. The Labute approximate surface area is 235 Å². The fraction of sp³-hybridized carbons (Fsp3) is 0.407. The van der Waals surface area contributed by atoms with Crippen LogP contribution in [0, 0.1) is 5.92 Å². The number of para-hydroxylation sites is 1. The first-order valence-electron chi connectivity index (χ1n) is 13.1. The lowest BCUT2D eigenvalue weighted by Gasteiger charge is -2.27. The lowest BCUT2D eigenvalue weighted by Crippen LogP contribution is -2.59. The number of benzene rings is 1. The predicted octanol–water partition coefficient (Wildman–Crippen LogP) is 0.0633. The minimum absolute atomic E-state index is 0.0227. The SMILES string of the molecule is CC(C)C(NC(=O)C(N)CCC(=O)O)C(=O)NC(Cc1c[nH]c2ccccc12)C(=O)NC(Cc1cnc[nH]1)C(=O)O. The second kappa shape index (κ2) is 14.1. The number of hydrogen-bond donors (Lipinski definition) is 8. The van der Waals surface area contributed by atoms with E-state index >= 15 is 0 Å². The van der Waals surface area contributed by atoms with Gasteiger partial charge in [-0.3, -0.25) is 19.2 Å². The van der Waals surface area contributed by atoms with Crippen molar-refractivity contribution in [3.05, 3.63) is 54.2 Å². The van der Waals surface area contributed by atoms with Gasteiger partial charge in [-0.2, -0.15) is 0 Å². The van der Waals surface area contributed by atoms with Crippen molar-refractivity contribution in [2.45, 2.75) is 63.7 Å². The molecule has 9 N–H and O–H groups in total. The monoisotopic (exact) mass is 569 g/mol. The van der Waals surface area contributed by atoms with E-state index in [1.54, 1.807) is 20.0 Å². The van der Waals surface area contributed by atoms with Gasteiger partial charge in [0.2, 0.25) is 17.7 Å². The Kier molecular flexibility index (Phi) is 10.6. The van der Waals surface area contributed by atoms with Gasteiger partial charge in [0.25, 0.3) is 0 Å². The summed E-state index contributed by atoms with van der Waals surface area (Å²) in [6, 6.07) is 2.62. The number of fused-ring (bicyclic) bond motifs is 1. The lowest BCUT2D eigenvalue weighted by molar-refractivity contribution is -0.142. The Morgan fingerprint density at radius 1 is 0.927 bits per heavy atom. The molecule has 2 aromatic heterocycles. The van der Waals surface area contributed by atoms with E-state index in [-0.39, 0.29) is 25.7 Å². The van der Waals surface area contributed by atoms with E-state index in [1.807, 2.05) is 24.3 Å². The number of carboxylic acids is 2. The van der Waals surface area contributed by atoms with Gasteiger partial charge in [0.05, 0.1) is 12.4 Å². The average molecular weight is 570 g/mol. The van der Waals surface area contributed by atoms with Crippen LogP contribution in [0.25, 0.3) is 10.9 Å². The third kappa shape index (κ3) is 8.63. The molecule has 4 unspecified atom stereocenters. The van der Waals surface area contributed by atoms with Crippen LogP contribution in [0.3, 0.4) is 0 Å². The van der Waals surface area contributed by atoms with Crippen molar-refractivity contribution >= 4 is 40.6 Å². The van der Waals surface area contributed by atoms with Crippen molar-refractivity contribution in [3.8, 4) is 0 Å². The zero-order chi connectivity index (χ0) is 30.1. The Morgan fingerprint density at radius 3 is 2.27 bits per heavy atom. The molecule has 0 aliphatic heterocycles. The summed E-state index contributed by atoms with van der Waals surface area (Å²) in [4.78, 5) is 72.0. The number of carbonyl (C=O) groups excluding carboxylic acids is 3. The zero-order valence-corrected chi connectivity index (χ0v) is 22.7. The van der Waals surface area contributed by atoms with Crippen LogP contribution >= 0.6 is 0 Å². The molecule has 2 heterocycles. The third-order valence-electron chi connectivity index (χ3n) is 6.58. The highest BCUT2D eigenvalue weighted by Gasteiger charge is 2.32. The quantitative estimate of drug-likeness (QED) is 0.123. The van der Waals surface area contributed by atoms with Crippen molar-refractivity contribution in [1.82, 2.24) is 30.9 Å². The van der Waals surface area contributed by atoms with Gasteiger partial charge in [-0.1, -0.05) is 32.0 Å². The van der Waals surface area contributed by atoms with Crippen molar-refractivity contribution < 1.29 is 34.2 Å². The van der Waals surface area contributed by atoms with Gasteiger partial charge in [0.1, 0.15) is 18.1 Å². The molecule has 0 saturated heterocycles. The minimum atomic E-state index is -1.31. The molecule has 0 bridgehead atoms. The molecule has 220 valence electrons. The van der Waals surface area contributed by atoms with E-state index in [4.69, 9.17) is 10.8 Å². The molecular weight excluding hydrogens is 534 g/mol.